The molecule has 22 heavy (non-hydrogen) atoms. The van der Waals surface area contributed by atoms with E-state index in [1.165, 1.54) is 17.5 Å². The SMILES string of the molecule is COC1CCC2(Cc3ccc(Br)cc3C23CCSC(N)=N3)C1. The fraction of sp³-hybridized carbons (Fsp3) is 0.588. The summed E-state index contributed by atoms with van der Waals surface area (Å²) in [6.07, 6.45) is 5.96. The van der Waals surface area contributed by atoms with Gasteiger partial charge in [-0.1, -0.05) is 33.8 Å². The topological polar surface area (TPSA) is 47.6 Å². The number of hydrogen-bond acceptors (Lipinski definition) is 4. The van der Waals surface area contributed by atoms with Crippen molar-refractivity contribution >= 4 is 32.9 Å². The van der Waals surface area contributed by atoms with Crippen LogP contribution in [-0.2, 0) is 16.7 Å². The highest BCUT2D eigenvalue weighted by atomic mass is 79.9. The molecule has 2 aliphatic carbocycles. The lowest BCUT2D eigenvalue weighted by atomic mass is 9.67. The highest BCUT2D eigenvalue weighted by molar-refractivity contribution is 9.10. The molecule has 1 aromatic rings. The minimum absolute atomic E-state index is 0.144. The van der Waals surface area contributed by atoms with E-state index in [4.69, 9.17) is 15.5 Å². The van der Waals surface area contributed by atoms with Gasteiger partial charge >= 0.3 is 0 Å². The summed E-state index contributed by atoms with van der Waals surface area (Å²) in [4.78, 5) is 5.08. The number of nitrogens with zero attached hydrogens (tertiary/aromatic N) is 1. The van der Waals surface area contributed by atoms with Crippen LogP contribution in [0.25, 0.3) is 0 Å². The van der Waals surface area contributed by atoms with E-state index in [-0.39, 0.29) is 11.0 Å². The van der Waals surface area contributed by atoms with E-state index < -0.39 is 0 Å². The highest BCUT2D eigenvalue weighted by Gasteiger charge is 2.60. The van der Waals surface area contributed by atoms with Gasteiger partial charge in [0.15, 0.2) is 5.17 Å². The molecule has 1 aromatic carbocycles. The molecule has 118 valence electrons. The molecule has 0 amide bonds. The van der Waals surface area contributed by atoms with Crippen LogP contribution in [-0.4, -0.2) is 24.1 Å². The Kier molecular flexibility index (Phi) is 3.59. The zero-order chi connectivity index (χ0) is 15.4. The zero-order valence-electron chi connectivity index (χ0n) is 12.8. The Bertz CT molecular complexity index is 650. The second-order valence-electron chi connectivity index (χ2n) is 6.77. The van der Waals surface area contributed by atoms with Gasteiger partial charge in [-0.3, -0.25) is 4.99 Å². The molecule has 2 spiro atoms. The lowest BCUT2D eigenvalue weighted by molar-refractivity contribution is 0.0728. The first kappa shape index (κ1) is 15.0. The summed E-state index contributed by atoms with van der Waals surface area (Å²) in [5.74, 6) is 1.06. The third-order valence-corrected chi connectivity index (χ3v) is 7.12. The molecule has 0 aromatic heterocycles. The molecule has 3 unspecified atom stereocenters. The van der Waals surface area contributed by atoms with Crippen LogP contribution >= 0.6 is 27.7 Å². The first-order valence-corrected chi connectivity index (χ1v) is 9.66. The number of fused-ring (bicyclic) bond motifs is 3. The number of rotatable bonds is 1. The van der Waals surface area contributed by atoms with Crippen LogP contribution in [0.15, 0.2) is 27.7 Å². The van der Waals surface area contributed by atoms with Crippen LogP contribution < -0.4 is 5.73 Å². The minimum atomic E-state index is -0.144. The molecule has 4 rings (SSSR count). The molecule has 1 fully saturated rings. The number of aliphatic imine (C=N–C) groups is 1. The molecule has 0 saturated heterocycles. The lowest BCUT2D eigenvalue weighted by Gasteiger charge is -2.44. The van der Waals surface area contributed by atoms with E-state index in [9.17, 15) is 0 Å². The average molecular weight is 381 g/mol. The van der Waals surface area contributed by atoms with Crippen molar-refractivity contribution < 1.29 is 4.74 Å². The van der Waals surface area contributed by atoms with Crippen molar-refractivity contribution in [3.63, 3.8) is 0 Å². The summed E-state index contributed by atoms with van der Waals surface area (Å²) in [6, 6.07) is 6.69. The van der Waals surface area contributed by atoms with Crippen LogP contribution in [0, 0.1) is 5.41 Å². The number of halogens is 1. The number of nitrogens with two attached hydrogens (primary N) is 1. The van der Waals surface area contributed by atoms with Crippen molar-refractivity contribution in [2.45, 2.75) is 43.7 Å². The third kappa shape index (κ3) is 2.01. The first-order chi connectivity index (χ1) is 10.6. The molecule has 3 nitrogen and oxygen atoms in total. The van der Waals surface area contributed by atoms with Gasteiger partial charge in [-0.2, -0.15) is 0 Å². The lowest BCUT2D eigenvalue weighted by Crippen LogP contribution is -2.44. The van der Waals surface area contributed by atoms with Crippen LogP contribution in [0.5, 0.6) is 0 Å². The Morgan fingerprint density at radius 2 is 2.27 bits per heavy atom. The number of thioether (sulfide) groups is 1. The van der Waals surface area contributed by atoms with Crippen molar-refractivity contribution in [2.75, 3.05) is 12.9 Å². The van der Waals surface area contributed by atoms with E-state index >= 15 is 0 Å². The van der Waals surface area contributed by atoms with Crippen LogP contribution in [0.3, 0.4) is 0 Å². The van der Waals surface area contributed by atoms with Crippen molar-refractivity contribution in [3.8, 4) is 0 Å². The highest BCUT2D eigenvalue weighted by Crippen LogP contribution is 2.63. The van der Waals surface area contributed by atoms with Crippen molar-refractivity contribution in [1.82, 2.24) is 0 Å². The van der Waals surface area contributed by atoms with Gasteiger partial charge in [0.25, 0.3) is 0 Å². The molecule has 2 N–H and O–H groups in total. The Balaban J connectivity index is 1.89. The third-order valence-electron chi connectivity index (χ3n) is 5.84. The maximum Gasteiger partial charge on any atom is 0.154 e. The van der Waals surface area contributed by atoms with Gasteiger partial charge in [-0.05, 0) is 55.4 Å². The molecule has 0 radical (unpaired) electrons. The predicted molar refractivity (Wildman–Crippen MR) is 95.3 cm³/mol. The largest absolute Gasteiger partial charge is 0.381 e. The minimum Gasteiger partial charge on any atom is -0.381 e. The zero-order valence-corrected chi connectivity index (χ0v) is 15.2. The van der Waals surface area contributed by atoms with E-state index in [0.29, 0.717) is 6.10 Å². The summed E-state index contributed by atoms with van der Waals surface area (Å²) in [7, 11) is 1.84. The van der Waals surface area contributed by atoms with E-state index in [0.717, 1.165) is 41.1 Å². The molecule has 1 saturated carbocycles. The maximum atomic E-state index is 6.17. The smallest absolute Gasteiger partial charge is 0.154 e. The predicted octanol–water partition coefficient (Wildman–Crippen LogP) is 3.84. The van der Waals surface area contributed by atoms with Gasteiger partial charge in [0.05, 0.1) is 11.6 Å². The number of amidine groups is 1. The molecular formula is C17H21BrN2OS. The number of ether oxygens (including phenoxy) is 1. The van der Waals surface area contributed by atoms with Gasteiger partial charge in [0, 0.05) is 22.8 Å². The van der Waals surface area contributed by atoms with Crippen LogP contribution in [0.2, 0.25) is 0 Å². The van der Waals surface area contributed by atoms with Crippen molar-refractivity contribution in [2.24, 2.45) is 16.1 Å². The molecular weight excluding hydrogens is 360 g/mol. The fourth-order valence-corrected chi connectivity index (χ4v) is 6.05. The van der Waals surface area contributed by atoms with Gasteiger partial charge < -0.3 is 10.5 Å². The van der Waals surface area contributed by atoms with Gasteiger partial charge in [0.1, 0.15) is 0 Å². The normalized spacial score (nSPS) is 36.8. The quantitative estimate of drug-likeness (QED) is 0.804. The number of methoxy groups -OCH3 is 1. The van der Waals surface area contributed by atoms with E-state index in [2.05, 4.69) is 34.1 Å². The molecule has 5 heteroatoms. The summed E-state index contributed by atoms with van der Waals surface area (Å²) >= 11 is 5.33. The molecule has 1 heterocycles. The van der Waals surface area contributed by atoms with Gasteiger partial charge in [0.2, 0.25) is 0 Å². The second-order valence-corrected chi connectivity index (χ2v) is 8.80. The summed E-state index contributed by atoms with van der Waals surface area (Å²) in [5.41, 5.74) is 9.05. The van der Waals surface area contributed by atoms with Crippen LogP contribution in [0.4, 0.5) is 0 Å². The standard InChI is InChI=1S/C17H21BrN2OS/c1-21-13-4-5-16(10-13)9-11-2-3-12(18)8-14(11)17(16)6-7-22-15(19)20-17/h2-3,8,13H,4-7,9-10H2,1H3,(H2,19,20). The summed E-state index contributed by atoms with van der Waals surface area (Å²) in [6.45, 7) is 0. The van der Waals surface area contributed by atoms with Crippen molar-refractivity contribution in [3.05, 3.63) is 33.8 Å². The Morgan fingerprint density at radius 1 is 1.41 bits per heavy atom. The molecule has 0 bridgehead atoms. The number of hydrogen-bond donors (Lipinski definition) is 1. The monoisotopic (exact) mass is 380 g/mol. The molecule has 3 aliphatic rings. The molecule has 1 aliphatic heterocycles. The van der Waals surface area contributed by atoms with Gasteiger partial charge in [-0.25, -0.2) is 0 Å². The average Bonchev–Trinajstić information content (AvgIpc) is 3.02. The number of benzene rings is 1. The fourth-order valence-electron chi connectivity index (χ4n) is 4.86. The maximum absolute atomic E-state index is 6.17. The van der Waals surface area contributed by atoms with E-state index in [1.807, 2.05) is 7.11 Å². The van der Waals surface area contributed by atoms with E-state index in [1.54, 1.807) is 11.8 Å². The Hall–Kier alpha value is -0.520. The Labute approximate surface area is 144 Å². The second kappa shape index (κ2) is 5.25. The summed E-state index contributed by atoms with van der Waals surface area (Å²) < 4.78 is 6.82. The van der Waals surface area contributed by atoms with Crippen molar-refractivity contribution in [1.29, 1.82) is 0 Å². The van der Waals surface area contributed by atoms with Gasteiger partial charge in [-0.15, -0.1) is 0 Å². The van der Waals surface area contributed by atoms with Crippen LogP contribution in [0.1, 0.15) is 36.8 Å². The summed E-state index contributed by atoms with van der Waals surface area (Å²) in [5, 5.41) is 0.749. The Morgan fingerprint density at radius 3 is 3.00 bits per heavy atom. The first-order valence-electron chi connectivity index (χ1n) is 7.88. The molecule has 3 atom stereocenters.